The predicted molar refractivity (Wildman–Crippen MR) is 34.9 cm³/mol. The maximum atomic E-state index is 10.6. The molecule has 0 saturated carbocycles. The van der Waals surface area contributed by atoms with E-state index in [4.69, 9.17) is 9.84 Å². The lowest BCUT2D eigenvalue weighted by atomic mass is 9.98. The smallest absolute Gasteiger partial charge is 0.328 e. The van der Waals surface area contributed by atoms with Crippen LogP contribution in [0.15, 0.2) is 0 Å². The summed E-state index contributed by atoms with van der Waals surface area (Å²) in [6.07, 6.45) is 0. The maximum absolute atomic E-state index is 10.6. The molecule has 58 valence electrons. The van der Waals surface area contributed by atoms with Crippen LogP contribution >= 0.6 is 0 Å². The van der Waals surface area contributed by atoms with E-state index in [1.54, 1.807) is 0 Å². The minimum atomic E-state index is -0.819. The van der Waals surface area contributed by atoms with Gasteiger partial charge in [-0.25, -0.2) is 0 Å². The molecule has 0 aliphatic carbocycles. The first kappa shape index (κ1) is 7.50. The van der Waals surface area contributed by atoms with Crippen molar-refractivity contribution in [3.8, 4) is 0 Å². The van der Waals surface area contributed by atoms with Crippen molar-refractivity contribution in [3.63, 3.8) is 0 Å². The van der Waals surface area contributed by atoms with E-state index in [2.05, 4.69) is 5.32 Å². The fourth-order valence-electron chi connectivity index (χ4n) is 0.946. The molecule has 0 amide bonds. The van der Waals surface area contributed by atoms with Crippen molar-refractivity contribution >= 4 is 5.97 Å². The normalized spacial score (nSPS) is 21.7. The Labute approximate surface area is 59.2 Å². The lowest BCUT2D eigenvalue weighted by Crippen LogP contribution is -2.65. The molecule has 1 rings (SSSR count). The van der Waals surface area contributed by atoms with E-state index in [1.165, 1.54) is 0 Å². The second-order valence-electron chi connectivity index (χ2n) is 2.41. The molecule has 0 aromatic carbocycles. The zero-order chi connectivity index (χ0) is 7.61. The summed E-state index contributed by atoms with van der Waals surface area (Å²) in [5.74, 6) is -0.819. The molecule has 0 radical (unpaired) electrons. The lowest BCUT2D eigenvalue weighted by molar-refractivity contribution is -0.165. The Morgan fingerprint density at radius 3 is 2.50 bits per heavy atom. The topological polar surface area (TPSA) is 58.6 Å². The SMILES string of the molecule is CCNC1(C(=O)O)COC1. The number of rotatable bonds is 3. The van der Waals surface area contributed by atoms with Crippen LogP contribution in [-0.4, -0.2) is 36.4 Å². The van der Waals surface area contributed by atoms with Crippen molar-refractivity contribution in [2.45, 2.75) is 12.5 Å². The number of ether oxygens (including phenoxy) is 1. The minimum Gasteiger partial charge on any atom is -0.480 e. The van der Waals surface area contributed by atoms with Gasteiger partial charge in [0.2, 0.25) is 0 Å². The fraction of sp³-hybridized carbons (Fsp3) is 0.833. The summed E-state index contributed by atoms with van der Waals surface area (Å²) in [6, 6.07) is 0. The average molecular weight is 145 g/mol. The van der Waals surface area contributed by atoms with Crippen molar-refractivity contribution < 1.29 is 14.6 Å². The van der Waals surface area contributed by atoms with Gasteiger partial charge in [0.25, 0.3) is 0 Å². The van der Waals surface area contributed by atoms with E-state index in [9.17, 15) is 4.79 Å². The van der Waals surface area contributed by atoms with E-state index < -0.39 is 11.5 Å². The van der Waals surface area contributed by atoms with Gasteiger partial charge >= 0.3 is 5.97 Å². The van der Waals surface area contributed by atoms with Crippen LogP contribution in [0.5, 0.6) is 0 Å². The molecule has 4 nitrogen and oxygen atoms in total. The van der Waals surface area contributed by atoms with Crippen molar-refractivity contribution in [3.05, 3.63) is 0 Å². The summed E-state index contributed by atoms with van der Waals surface area (Å²) < 4.78 is 4.81. The van der Waals surface area contributed by atoms with Gasteiger partial charge in [0, 0.05) is 0 Å². The van der Waals surface area contributed by atoms with Crippen LogP contribution in [0.3, 0.4) is 0 Å². The summed E-state index contributed by atoms with van der Waals surface area (Å²) in [6.45, 7) is 3.12. The Kier molecular flexibility index (Phi) is 1.92. The van der Waals surface area contributed by atoms with Crippen LogP contribution in [0, 0.1) is 0 Å². The van der Waals surface area contributed by atoms with Crippen LogP contribution in [0.4, 0.5) is 0 Å². The molecule has 0 bridgehead atoms. The van der Waals surface area contributed by atoms with Crippen molar-refractivity contribution in [1.82, 2.24) is 5.32 Å². The second kappa shape index (κ2) is 2.56. The first-order valence-corrected chi connectivity index (χ1v) is 3.27. The molecule has 0 aromatic rings. The molecule has 0 atom stereocenters. The molecule has 2 N–H and O–H groups in total. The molecular weight excluding hydrogens is 134 g/mol. The first-order chi connectivity index (χ1) is 4.71. The summed E-state index contributed by atoms with van der Waals surface area (Å²) in [5, 5.41) is 11.5. The monoisotopic (exact) mass is 145 g/mol. The van der Waals surface area contributed by atoms with Crippen LogP contribution in [0.25, 0.3) is 0 Å². The summed E-state index contributed by atoms with van der Waals surface area (Å²) in [4.78, 5) is 10.6. The van der Waals surface area contributed by atoms with Crippen molar-refractivity contribution in [2.75, 3.05) is 19.8 Å². The molecule has 1 saturated heterocycles. The quantitative estimate of drug-likeness (QED) is 0.559. The third kappa shape index (κ3) is 0.998. The number of carbonyl (C=O) groups is 1. The highest BCUT2D eigenvalue weighted by Crippen LogP contribution is 2.16. The van der Waals surface area contributed by atoms with E-state index in [1.807, 2.05) is 6.92 Å². The molecule has 0 aromatic heterocycles. The molecule has 1 aliphatic rings. The second-order valence-corrected chi connectivity index (χ2v) is 2.41. The van der Waals surface area contributed by atoms with Gasteiger partial charge in [-0.05, 0) is 6.54 Å². The number of carboxylic acid groups (broad SMARTS) is 1. The Hall–Kier alpha value is -0.610. The van der Waals surface area contributed by atoms with Gasteiger partial charge in [-0.2, -0.15) is 0 Å². The summed E-state index contributed by atoms with van der Waals surface area (Å²) >= 11 is 0. The number of carboxylic acids is 1. The average Bonchev–Trinajstić information content (AvgIpc) is 1.77. The highest BCUT2D eigenvalue weighted by molar-refractivity contribution is 5.80. The molecule has 4 heteroatoms. The van der Waals surface area contributed by atoms with Crippen LogP contribution < -0.4 is 5.32 Å². The Morgan fingerprint density at radius 1 is 1.80 bits per heavy atom. The fourth-order valence-corrected chi connectivity index (χ4v) is 0.946. The predicted octanol–water partition coefficient (Wildman–Crippen LogP) is -0.551. The molecule has 1 fully saturated rings. The third-order valence-electron chi connectivity index (χ3n) is 1.62. The van der Waals surface area contributed by atoms with Crippen molar-refractivity contribution in [1.29, 1.82) is 0 Å². The van der Waals surface area contributed by atoms with Gasteiger partial charge in [0.1, 0.15) is 0 Å². The standard InChI is InChI=1S/C6H11NO3/c1-2-7-6(5(8)9)3-10-4-6/h7H,2-4H2,1H3,(H,8,9). The molecular formula is C6H11NO3. The molecule has 1 aliphatic heterocycles. The van der Waals surface area contributed by atoms with Gasteiger partial charge in [0.05, 0.1) is 13.2 Å². The van der Waals surface area contributed by atoms with E-state index in [0.29, 0.717) is 6.54 Å². The number of hydrogen-bond donors (Lipinski definition) is 2. The largest absolute Gasteiger partial charge is 0.480 e. The summed E-state index contributed by atoms with van der Waals surface area (Å²) in [5.41, 5.74) is -0.783. The molecule has 10 heavy (non-hydrogen) atoms. The highest BCUT2D eigenvalue weighted by Gasteiger charge is 2.45. The van der Waals surface area contributed by atoms with Crippen LogP contribution in [0.2, 0.25) is 0 Å². The van der Waals surface area contributed by atoms with Gasteiger partial charge < -0.3 is 9.84 Å². The molecule has 0 unspecified atom stereocenters. The van der Waals surface area contributed by atoms with Gasteiger partial charge in [-0.1, -0.05) is 6.92 Å². The van der Waals surface area contributed by atoms with Crippen molar-refractivity contribution in [2.24, 2.45) is 0 Å². The number of nitrogens with one attached hydrogen (secondary N) is 1. The van der Waals surface area contributed by atoms with Gasteiger partial charge in [0.15, 0.2) is 5.54 Å². The van der Waals surface area contributed by atoms with Crippen LogP contribution in [-0.2, 0) is 9.53 Å². The summed E-state index contributed by atoms with van der Waals surface area (Å²) in [7, 11) is 0. The van der Waals surface area contributed by atoms with Gasteiger partial charge in [-0.3, -0.25) is 10.1 Å². The highest BCUT2D eigenvalue weighted by atomic mass is 16.5. The first-order valence-electron chi connectivity index (χ1n) is 3.27. The zero-order valence-corrected chi connectivity index (χ0v) is 5.89. The van der Waals surface area contributed by atoms with Gasteiger partial charge in [-0.15, -0.1) is 0 Å². The van der Waals surface area contributed by atoms with E-state index in [0.717, 1.165) is 0 Å². The number of likely N-dealkylation sites (N-methyl/N-ethyl adjacent to an activating group) is 1. The Morgan fingerprint density at radius 2 is 2.40 bits per heavy atom. The number of aliphatic carboxylic acids is 1. The number of hydrogen-bond acceptors (Lipinski definition) is 3. The lowest BCUT2D eigenvalue weighted by Gasteiger charge is -2.37. The molecule has 1 heterocycles. The minimum absolute atomic E-state index is 0.288. The Bertz CT molecular complexity index is 142. The van der Waals surface area contributed by atoms with Crippen LogP contribution in [0.1, 0.15) is 6.92 Å². The van der Waals surface area contributed by atoms with E-state index in [-0.39, 0.29) is 13.2 Å². The molecule has 0 spiro atoms. The van der Waals surface area contributed by atoms with E-state index >= 15 is 0 Å². The zero-order valence-electron chi connectivity index (χ0n) is 5.89. The third-order valence-corrected chi connectivity index (χ3v) is 1.62. The maximum Gasteiger partial charge on any atom is 0.328 e. The Balaban J connectivity index is 2.50.